The van der Waals surface area contributed by atoms with E-state index in [-0.39, 0.29) is 12.9 Å². The number of hydrogen-bond donors (Lipinski definition) is 1. The van der Waals surface area contributed by atoms with Gasteiger partial charge in [-0.3, -0.25) is 0 Å². The van der Waals surface area contributed by atoms with Crippen molar-refractivity contribution in [1.29, 1.82) is 0 Å². The largest absolute Gasteiger partial charge is 0.392 e. The highest BCUT2D eigenvalue weighted by Gasteiger charge is 2.10. The Morgan fingerprint density at radius 2 is 2.33 bits per heavy atom. The monoisotopic (exact) mass is 174 g/mol. The maximum Gasteiger partial charge on any atom is 0.157 e. The molecule has 0 saturated carbocycles. The summed E-state index contributed by atoms with van der Waals surface area (Å²) in [6.07, 6.45) is 5.03. The molecule has 1 heterocycles. The van der Waals surface area contributed by atoms with Crippen LogP contribution in [0.4, 0.5) is 0 Å². The lowest BCUT2D eigenvalue weighted by Crippen LogP contribution is -2.20. The lowest BCUT2D eigenvalue weighted by molar-refractivity contribution is -0.145. The van der Waals surface area contributed by atoms with Crippen molar-refractivity contribution in [1.82, 2.24) is 0 Å². The summed E-state index contributed by atoms with van der Waals surface area (Å²) < 4.78 is 10.2. The van der Waals surface area contributed by atoms with E-state index in [9.17, 15) is 0 Å². The normalized spacial score (nSPS) is 22.3. The van der Waals surface area contributed by atoms with Gasteiger partial charge in [-0.2, -0.15) is 0 Å². The van der Waals surface area contributed by atoms with Crippen LogP contribution in [0.2, 0.25) is 0 Å². The molecular formula is C9H18O3. The first-order valence-electron chi connectivity index (χ1n) is 4.21. The SMILES string of the molecule is C=CCO.COC1CCCCO1. The molecule has 0 aromatic carbocycles. The lowest BCUT2D eigenvalue weighted by Gasteiger charge is -2.20. The summed E-state index contributed by atoms with van der Waals surface area (Å²) >= 11 is 0. The average molecular weight is 174 g/mol. The Morgan fingerprint density at radius 3 is 2.58 bits per heavy atom. The third-order valence-electron chi connectivity index (χ3n) is 1.53. The first kappa shape index (κ1) is 11.6. The van der Waals surface area contributed by atoms with Crippen LogP contribution in [0.15, 0.2) is 12.7 Å². The first-order valence-corrected chi connectivity index (χ1v) is 4.21. The molecule has 0 aromatic heterocycles. The molecule has 1 aliphatic rings. The fraction of sp³-hybridized carbons (Fsp3) is 0.778. The van der Waals surface area contributed by atoms with Gasteiger partial charge in [0.15, 0.2) is 6.29 Å². The highest BCUT2D eigenvalue weighted by Crippen LogP contribution is 2.11. The first-order chi connectivity index (χ1) is 5.85. The van der Waals surface area contributed by atoms with E-state index in [0.29, 0.717) is 0 Å². The summed E-state index contributed by atoms with van der Waals surface area (Å²) in [6.45, 7) is 4.19. The van der Waals surface area contributed by atoms with Crippen LogP contribution in [0, 0.1) is 0 Å². The predicted molar refractivity (Wildman–Crippen MR) is 47.9 cm³/mol. The third-order valence-corrected chi connectivity index (χ3v) is 1.53. The van der Waals surface area contributed by atoms with Crippen LogP contribution in [-0.2, 0) is 9.47 Å². The Morgan fingerprint density at radius 1 is 1.67 bits per heavy atom. The minimum atomic E-state index is 0.0833. The zero-order valence-electron chi connectivity index (χ0n) is 7.66. The van der Waals surface area contributed by atoms with Gasteiger partial charge in [0.2, 0.25) is 0 Å². The maximum absolute atomic E-state index is 7.76. The Labute approximate surface area is 74.0 Å². The second-order valence-corrected chi connectivity index (χ2v) is 2.50. The molecule has 0 radical (unpaired) electrons. The summed E-state index contributed by atoms with van der Waals surface area (Å²) in [7, 11) is 1.69. The zero-order chi connectivity index (χ0) is 9.23. The Hall–Kier alpha value is -0.380. The van der Waals surface area contributed by atoms with Gasteiger partial charge in [-0.25, -0.2) is 0 Å². The van der Waals surface area contributed by atoms with Crippen molar-refractivity contribution in [2.75, 3.05) is 20.3 Å². The fourth-order valence-electron chi connectivity index (χ4n) is 0.897. The van der Waals surface area contributed by atoms with Gasteiger partial charge in [-0.15, -0.1) is 6.58 Å². The second-order valence-electron chi connectivity index (χ2n) is 2.50. The van der Waals surface area contributed by atoms with Crippen LogP contribution in [0.1, 0.15) is 19.3 Å². The van der Waals surface area contributed by atoms with Crippen LogP contribution in [0.3, 0.4) is 0 Å². The lowest BCUT2D eigenvalue weighted by atomic mass is 10.2. The van der Waals surface area contributed by atoms with Crippen LogP contribution >= 0.6 is 0 Å². The van der Waals surface area contributed by atoms with E-state index in [1.165, 1.54) is 18.9 Å². The van der Waals surface area contributed by atoms with Crippen LogP contribution in [-0.4, -0.2) is 31.7 Å². The third kappa shape index (κ3) is 6.34. The fourth-order valence-corrected chi connectivity index (χ4v) is 0.897. The van der Waals surface area contributed by atoms with Crippen molar-refractivity contribution >= 4 is 0 Å². The molecule has 0 bridgehead atoms. The smallest absolute Gasteiger partial charge is 0.157 e. The molecule has 1 saturated heterocycles. The molecule has 1 unspecified atom stereocenters. The quantitative estimate of drug-likeness (QED) is 0.642. The minimum Gasteiger partial charge on any atom is -0.392 e. The van der Waals surface area contributed by atoms with Crippen molar-refractivity contribution < 1.29 is 14.6 Å². The van der Waals surface area contributed by atoms with Crippen molar-refractivity contribution in [2.24, 2.45) is 0 Å². The highest BCUT2D eigenvalue weighted by molar-refractivity contribution is 4.60. The Kier molecular flexibility index (Phi) is 8.44. The molecule has 1 atom stereocenters. The predicted octanol–water partition coefficient (Wildman–Crippen LogP) is 1.32. The molecule has 3 heteroatoms. The molecule has 1 aliphatic heterocycles. The van der Waals surface area contributed by atoms with E-state index >= 15 is 0 Å². The Bertz CT molecular complexity index is 97.9. The van der Waals surface area contributed by atoms with Gasteiger partial charge in [0, 0.05) is 13.7 Å². The average Bonchev–Trinajstić information content (AvgIpc) is 2.19. The summed E-state index contributed by atoms with van der Waals surface area (Å²) in [5, 5.41) is 7.76. The van der Waals surface area contributed by atoms with E-state index in [2.05, 4.69) is 6.58 Å². The van der Waals surface area contributed by atoms with Gasteiger partial charge in [-0.1, -0.05) is 6.08 Å². The van der Waals surface area contributed by atoms with Crippen LogP contribution < -0.4 is 0 Å². The van der Waals surface area contributed by atoms with Crippen molar-refractivity contribution in [3.8, 4) is 0 Å². The van der Waals surface area contributed by atoms with Crippen molar-refractivity contribution in [2.45, 2.75) is 25.6 Å². The highest BCUT2D eigenvalue weighted by atomic mass is 16.7. The van der Waals surface area contributed by atoms with Crippen molar-refractivity contribution in [3.63, 3.8) is 0 Å². The standard InChI is InChI=1S/C6H12O2.C3H6O/c1-7-6-4-2-3-5-8-6;1-2-3-4/h6H,2-5H2,1H3;2,4H,1,3H2. The number of rotatable bonds is 2. The number of ether oxygens (including phenoxy) is 2. The molecule has 1 fully saturated rings. The number of aliphatic hydroxyl groups is 1. The summed E-state index contributed by atoms with van der Waals surface area (Å²) in [4.78, 5) is 0. The zero-order valence-corrected chi connectivity index (χ0v) is 7.66. The van der Waals surface area contributed by atoms with Gasteiger partial charge >= 0.3 is 0 Å². The molecule has 0 spiro atoms. The summed E-state index contributed by atoms with van der Waals surface area (Å²) in [5.41, 5.74) is 0. The van der Waals surface area contributed by atoms with Gasteiger partial charge in [-0.05, 0) is 19.3 Å². The van der Waals surface area contributed by atoms with Gasteiger partial charge in [0.1, 0.15) is 0 Å². The van der Waals surface area contributed by atoms with Gasteiger partial charge in [0.25, 0.3) is 0 Å². The maximum atomic E-state index is 7.76. The van der Waals surface area contributed by atoms with Crippen molar-refractivity contribution in [3.05, 3.63) is 12.7 Å². The van der Waals surface area contributed by atoms with E-state index in [1.807, 2.05) is 0 Å². The topological polar surface area (TPSA) is 38.7 Å². The van der Waals surface area contributed by atoms with E-state index in [1.54, 1.807) is 7.11 Å². The van der Waals surface area contributed by atoms with Gasteiger partial charge in [0.05, 0.1) is 6.61 Å². The molecule has 0 aliphatic carbocycles. The number of aliphatic hydroxyl groups excluding tert-OH is 1. The summed E-state index contributed by atoms with van der Waals surface area (Å²) in [6, 6.07) is 0. The molecule has 1 N–H and O–H groups in total. The van der Waals surface area contributed by atoms with Crippen LogP contribution in [0.25, 0.3) is 0 Å². The Balaban J connectivity index is 0.000000261. The number of methoxy groups -OCH3 is 1. The molecule has 0 aromatic rings. The molecular weight excluding hydrogens is 156 g/mol. The van der Waals surface area contributed by atoms with E-state index in [0.717, 1.165) is 13.0 Å². The molecule has 12 heavy (non-hydrogen) atoms. The van der Waals surface area contributed by atoms with Crippen LogP contribution in [0.5, 0.6) is 0 Å². The second kappa shape index (κ2) is 8.71. The van der Waals surface area contributed by atoms with Gasteiger partial charge < -0.3 is 14.6 Å². The minimum absolute atomic E-state index is 0.0833. The molecule has 0 amide bonds. The van der Waals surface area contributed by atoms with E-state index in [4.69, 9.17) is 14.6 Å². The molecule has 3 nitrogen and oxygen atoms in total. The summed E-state index contributed by atoms with van der Waals surface area (Å²) in [5.74, 6) is 0. The molecule has 1 rings (SSSR count). The number of hydrogen-bond acceptors (Lipinski definition) is 3. The molecule has 72 valence electrons. The van der Waals surface area contributed by atoms with E-state index < -0.39 is 0 Å².